The Hall–Kier alpha value is -2.71. The Kier molecular flexibility index (Phi) is 21.1. The summed E-state index contributed by atoms with van der Waals surface area (Å²) in [6, 6.07) is 9.21. The molecule has 5 heterocycles. The van der Waals surface area contributed by atoms with Crippen molar-refractivity contribution in [1.29, 1.82) is 0 Å². The van der Waals surface area contributed by atoms with Crippen LogP contribution in [0.4, 0.5) is 0 Å². The summed E-state index contributed by atoms with van der Waals surface area (Å²) in [7, 11) is 7.81. The molecule has 8 fully saturated rings. The van der Waals surface area contributed by atoms with Gasteiger partial charge in [0.2, 0.25) is 0 Å². The number of fused-ring (bicyclic) bond motifs is 5. The Labute approximate surface area is 522 Å². The molecular weight excluding hydrogens is 1160 g/mol. The molecule has 0 aromatic heterocycles. The fourth-order valence-corrected chi connectivity index (χ4v) is 16.9. The lowest BCUT2D eigenvalue weighted by Gasteiger charge is -2.68. The van der Waals surface area contributed by atoms with Gasteiger partial charge < -0.3 is 112 Å². The van der Waals surface area contributed by atoms with Gasteiger partial charge >= 0.3 is 5.97 Å². The van der Waals surface area contributed by atoms with E-state index in [0.717, 1.165) is 5.56 Å². The summed E-state index contributed by atoms with van der Waals surface area (Å²) < 4.78 is 100. The molecule has 89 heavy (non-hydrogen) atoms. The van der Waals surface area contributed by atoms with Crippen molar-refractivity contribution >= 4 is 12.0 Å². The van der Waals surface area contributed by atoms with E-state index in [4.69, 9.17) is 75.8 Å². The van der Waals surface area contributed by atoms with Crippen molar-refractivity contribution in [2.45, 2.75) is 289 Å². The second-order valence-corrected chi connectivity index (χ2v) is 27.0. The fourth-order valence-electron chi connectivity index (χ4n) is 16.9. The van der Waals surface area contributed by atoms with Gasteiger partial charge in [0, 0.05) is 85.1 Å². The van der Waals surface area contributed by atoms with Crippen LogP contribution >= 0.6 is 0 Å². The summed E-state index contributed by atoms with van der Waals surface area (Å²) in [5.74, 6) is -1.59. The molecule has 4 aliphatic carbocycles. The predicted octanol–water partition coefficient (Wildman–Crippen LogP) is 3.50. The molecule has 3 saturated carbocycles. The van der Waals surface area contributed by atoms with Crippen molar-refractivity contribution in [2.75, 3.05) is 35.5 Å². The summed E-state index contributed by atoms with van der Waals surface area (Å²) in [5.41, 5.74) is -9.67. The Morgan fingerprint density at radius 1 is 0.584 bits per heavy atom. The van der Waals surface area contributed by atoms with Crippen LogP contribution in [0.2, 0.25) is 0 Å². The lowest BCUT2D eigenvalue weighted by atomic mass is 9.41. The molecule has 1 aromatic rings. The van der Waals surface area contributed by atoms with E-state index in [0.29, 0.717) is 32.1 Å². The largest absolute Gasteiger partial charge is 0.458 e. The number of hydrogen-bond acceptors (Lipinski definition) is 24. The molecule has 5 saturated heterocycles. The zero-order valence-electron chi connectivity index (χ0n) is 53.8. The highest BCUT2D eigenvalue weighted by Gasteiger charge is 2.82. The molecule has 0 bridgehead atoms. The minimum Gasteiger partial charge on any atom is -0.458 e. The van der Waals surface area contributed by atoms with E-state index < -0.39 is 193 Å². The van der Waals surface area contributed by atoms with Gasteiger partial charge in [-0.15, -0.1) is 0 Å². The van der Waals surface area contributed by atoms with E-state index >= 15 is 0 Å². The van der Waals surface area contributed by atoms with Gasteiger partial charge in [0.05, 0.1) is 78.2 Å². The van der Waals surface area contributed by atoms with Gasteiger partial charge in [-0.25, -0.2) is 4.79 Å². The topological polar surface area (TPSA) is 306 Å². The minimum atomic E-state index is -2.09. The molecule has 10 rings (SSSR count). The Bertz CT molecular complexity index is 2580. The van der Waals surface area contributed by atoms with Crippen LogP contribution in [0.3, 0.4) is 0 Å². The summed E-state index contributed by atoms with van der Waals surface area (Å²) in [6.07, 6.45) is -9.49. The van der Waals surface area contributed by atoms with E-state index in [2.05, 4.69) is 0 Å². The molecule has 31 unspecified atom stereocenters. The molecule has 504 valence electrons. The average Bonchev–Trinajstić information content (AvgIpc) is 1.63. The normalized spacial score (nSPS) is 50.4. The third-order valence-corrected chi connectivity index (χ3v) is 22.3. The van der Waals surface area contributed by atoms with Gasteiger partial charge in [-0.1, -0.05) is 56.3 Å². The van der Waals surface area contributed by atoms with Crippen LogP contribution in [0, 0.1) is 16.7 Å². The maximum atomic E-state index is 13.7. The number of carbonyl (C=O) groups excluding carboxylic acids is 1. The number of aliphatic hydroxyl groups excluding tert-OH is 3. The number of esters is 1. The van der Waals surface area contributed by atoms with Gasteiger partial charge in [-0.2, -0.15) is 0 Å². The average molecular weight is 1270 g/mol. The van der Waals surface area contributed by atoms with Crippen LogP contribution in [-0.2, 0) is 80.6 Å². The summed E-state index contributed by atoms with van der Waals surface area (Å²) in [4.78, 5) is 13.7. The van der Waals surface area contributed by atoms with Crippen LogP contribution in [0.25, 0.3) is 6.08 Å². The molecule has 24 heteroatoms. The number of aliphatic hydroxyl groups is 7. The monoisotopic (exact) mass is 1260 g/mol. The van der Waals surface area contributed by atoms with E-state index in [1.807, 2.05) is 65.0 Å². The third kappa shape index (κ3) is 12.5. The molecule has 0 amide bonds. The molecule has 1 aromatic carbocycles. The SMILES string of the molecule is COC1CC(OC2CCC3(C)C4CC(OC(=O)C=Cc5ccccc5)C5(C)C(O)(C(C)O)CCC5(O)C4(O)C=CC3(O)C2)OC(C)C1OC1CC(OC)C(OC2CC(OC)C(OC3CC(OC)C(OC4OC(C)C(O)C(OC)C4O)C(C)O3)C(C)O2)C(C)O1. The first-order valence-electron chi connectivity index (χ1n) is 31.9. The van der Waals surface area contributed by atoms with Crippen LogP contribution in [0.5, 0.6) is 0 Å². The minimum absolute atomic E-state index is 0.0317. The Morgan fingerprint density at radius 2 is 1.07 bits per heavy atom. The van der Waals surface area contributed by atoms with Crippen molar-refractivity contribution in [2.24, 2.45) is 16.7 Å². The van der Waals surface area contributed by atoms with Crippen LogP contribution in [0.1, 0.15) is 125 Å². The standard InChI is InChI=1S/C65H100O24/c1-33-52(68)58(78-13)53(69)59(83-33)89-57-37(5)82-51(30-44(57)77-12)88-56-36(4)81-50(29-43(56)76-11)87-55-35(3)80-49(28-42(55)75-10)86-54-34(2)79-48(27-41(54)74-9)84-40-21-22-60(7)45-31-46(85-47(67)20-19-39-17-15-14-16-18-39)61(8)63(71,38(6)66)25-26-65(61,73)64(45,72)24-23-62(60,70)32-40/h14-20,23-24,33-38,40-46,48-59,66,68-73H,21-22,25-32H2,1-13H3. The molecule has 5 aliphatic heterocycles. The highest BCUT2D eigenvalue weighted by molar-refractivity contribution is 5.87. The number of ether oxygens (including phenoxy) is 16. The summed E-state index contributed by atoms with van der Waals surface area (Å²) >= 11 is 0. The molecule has 24 nitrogen and oxygen atoms in total. The fraction of sp³-hybridized carbons (Fsp3) is 0.831. The Balaban J connectivity index is 0.732. The number of rotatable bonds is 19. The van der Waals surface area contributed by atoms with E-state index in [-0.39, 0.29) is 32.1 Å². The maximum Gasteiger partial charge on any atom is 0.331 e. The highest BCUT2D eigenvalue weighted by Crippen LogP contribution is 2.71. The van der Waals surface area contributed by atoms with Crippen molar-refractivity contribution < 1.29 is 116 Å². The van der Waals surface area contributed by atoms with Crippen molar-refractivity contribution in [1.82, 2.24) is 0 Å². The van der Waals surface area contributed by atoms with Gasteiger partial charge in [0.15, 0.2) is 31.5 Å². The zero-order valence-corrected chi connectivity index (χ0v) is 53.8. The number of hydrogen-bond donors (Lipinski definition) is 7. The van der Waals surface area contributed by atoms with Gasteiger partial charge in [-0.3, -0.25) is 0 Å². The van der Waals surface area contributed by atoms with Crippen molar-refractivity contribution in [3.8, 4) is 0 Å². The zero-order chi connectivity index (χ0) is 64.3. The first-order chi connectivity index (χ1) is 42.1. The lowest BCUT2D eigenvalue weighted by Crippen LogP contribution is -2.80. The van der Waals surface area contributed by atoms with Gasteiger partial charge in [0.1, 0.15) is 65.6 Å². The van der Waals surface area contributed by atoms with Crippen LogP contribution in [0.15, 0.2) is 48.6 Å². The van der Waals surface area contributed by atoms with E-state index in [1.54, 1.807) is 54.4 Å². The number of methoxy groups -OCH3 is 5. The van der Waals surface area contributed by atoms with E-state index in [9.17, 15) is 40.5 Å². The highest BCUT2D eigenvalue weighted by atomic mass is 16.8. The van der Waals surface area contributed by atoms with Crippen molar-refractivity contribution in [3.05, 3.63) is 54.1 Å². The summed E-state index contributed by atoms with van der Waals surface area (Å²) in [6.45, 7) is 14.1. The second kappa shape index (κ2) is 27.2. The molecule has 0 spiro atoms. The third-order valence-electron chi connectivity index (χ3n) is 22.3. The Morgan fingerprint density at radius 3 is 1.54 bits per heavy atom. The summed E-state index contributed by atoms with van der Waals surface area (Å²) in [5, 5.41) is 83.8. The van der Waals surface area contributed by atoms with Crippen LogP contribution in [-0.4, -0.2) is 247 Å². The lowest BCUT2D eigenvalue weighted by molar-refractivity contribution is -0.358. The first kappa shape index (κ1) is 69.1. The molecule has 7 N–H and O–H groups in total. The molecule has 31 atom stereocenters. The van der Waals surface area contributed by atoms with Gasteiger partial charge in [0.25, 0.3) is 0 Å². The van der Waals surface area contributed by atoms with Crippen molar-refractivity contribution in [3.63, 3.8) is 0 Å². The molecule has 0 radical (unpaired) electrons. The molecular formula is C65H100O24. The predicted molar refractivity (Wildman–Crippen MR) is 314 cm³/mol. The van der Waals surface area contributed by atoms with Crippen LogP contribution < -0.4 is 0 Å². The van der Waals surface area contributed by atoms with E-state index in [1.165, 1.54) is 26.2 Å². The first-order valence-corrected chi connectivity index (χ1v) is 31.9. The quantitative estimate of drug-likeness (QED) is 0.0592. The smallest absolute Gasteiger partial charge is 0.331 e. The maximum absolute atomic E-state index is 13.7. The second-order valence-electron chi connectivity index (χ2n) is 27.0. The molecule has 9 aliphatic rings. The van der Waals surface area contributed by atoms with Gasteiger partial charge in [-0.05, 0) is 85.3 Å². The number of carbonyl (C=O) groups is 1. The number of benzene rings is 1.